The number of aliphatic hydroxyl groups excluding tert-OH is 3. The Hall–Kier alpha value is -1.81. The summed E-state index contributed by atoms with van der Waals surface area (Å²) in [4.78, 5) is 17.9. The van der Waals surface area contributed by atoms with E-state index in [1.807, 2.05) is 0 Å². The minimum atomic E-state index is -1.30. The molecule has 2 aromatic rings. The number of nitrogens with zero attached hydrogens (tertiary/aromatic N) is 2. The molecular formula is C10H13N5O4. The number of fused-ring (bicyclic) bond motifs is 1. The van der Waals surface area contributed by atoms with Crippen LogP contribution in [0.25, 0.3) is 11.0 Å². The van der Waals surface area contributed by atoms with Crippen LogP contribution in [0.5, 0.6) is 0 Å². The smallest absolute Gasteiger partial charge is 0.279 e. The highest BCUT2D eigenvalue weighted by Gasteiger charge is 2.43. The number of H-pyrrole nitrogens is 2. The van der Waals surface area contributed by atoms with E-state index in [0.29, 0.717) is 0 Å². The quantitative estimate of drug-likeness (QED) is 0.349. The lowest BCUT2D eigenvalue weighted by Crippen LogP contribution is -2.35. The van der Waals surface area contributed by atoms with Crippen LogP contribution < -0.4 is 10.9 Å². The van der Waals surface area contributed by atoms with E-state index >= 15 is 0 Å². The Bertz CT molecular complexity index is 688. The summed E-state index contributed by atoms with van der Waals surface area (Å²) in [6.07, 6.45) is -1.38. The first-order valence-electron chi connectivity index (χ1n) is 6.16. The van der Waals surface area contributed by atoms with Gasteiger partial charge in [0, 0.05) is 0 Å². The molecule has 19 heavy (non-hydrogen) atoms. The predicted octanol–water partition coefficient (Wildman–Crippen LogP) is -2.63. The second-order valence-electron chi connectivity index (χ2n) is 4.39. The van der Waals surface area contributed by atoms with Crippen LogP contribution in [0.4, 0.5) is 0 Å². The highest BCUT2D eigenvalue weighted by Crippen LogP contribution is 2.28. The molecule has 6 N–H and O–H groups in total. The Balaban J connectivity index is 2.12. The van der Waals surface area contributed by atoms with Crippen molar-refractivity contribution in [2.75, 3.05) is 6.61 Å². The molecule has 0 spiro atoms. The summed E-state index contributed by atoms with van der Waals surface area (Å²) in [7, 11) is 0. The second-order valence-corrected chi connectivity index (χ2v) is 4.39. The average molecular weight is 268 g/mol. The predicted molar refractivity (Wildman–Crippen MR) is 63.3 cm³/mol. The van der Waals surface area contributed by atoms with E-state index in [0.717, 1.165) is 5.31 Å². The molecule has 0 amide bonds. The van der Waals surface area contributed by atoms with Crippen molar-refractivity contribution in [1.82, 2.24) is 25.5 Å². The summed E-state index contributed by atoms with van der Waals surface area (Å²) in [5, 5.41) is 36.3. The number of hydrogen-bond donors (Lipinski definition) is 6. The van der Waals surface area contributed by atoms with Crippen molar-refractivity contribution < 1.29 is 16.7 Å². The van der Waals surface area contributed by atoms with Crippen LogP contribution in [-0.4, -0.2) is 60.3 Å². The third-order valence-corrected chi connectivity index (χ3v) is 3.27. The molecule has 0 saturated carbocycles. The zero-order valence-electron chi connectivity index (χ0n) is 10.7. The van der Waals surface area contributed by atoms with E-state index in [2.05, 4.69) is 20.2 Å². The van der Waals surface area contributed by atoms with Gasteiger partial charge in [-0.2, -0.15) is 5.10 Å². The van der Waals surface area contributed by atoms with Crippen molar-refractivity contribution in [1.29, 1.82) is 0 Å². The van der Waals surface area contributed by atoms with Crippen molar-refractivity contribution in [3.8, 4) is 0 Å². The van der Waals surface area contributed by atoms with E-state index in [1.165, 1.54) is 6.33 Å². The first-order chi connectivity index (χ1) is 9.56. The van der Waals surface area contributed by atoms with Gasteiger partial charge in [-0.25, -0.2) is 4.98 Å². The summed E-state index contributed by atoms with van der Waals surface area (Å²) in [5.41, 5.74) is 0.0928. The van der Waals surface area contributed by atoms with Crippen molar-refractivity contribution in [2.45, 2.75) is 24.3 Å². The molecule has 3 heterocycles. The van der Waals surface area contributed by atoms with Gasteiger partial charge in [0.1, 0.15) is 13.0 Å². The Morgan fingerprint density at radius 1 is 1.37 bits per heavy atom. The second kappa shape index (κ2) is 4.38. The van der Waals surface area contributed by atoms with Crippen molar-refractivity contribution in [3.63, 3.8) is 0 Å². The zero-order chi connectivity index (χ0) is 14.4. The van der Waals surface area contributed by atoms with Crippen molar-refractivity contribution in [2.24, 2.45) is 0 Å². The molecular weight excluding hydrogens is 254 g/mol. The minimum Gasteiger partial charge on any atom is -0.395 e. The van der Waals surface area contributed by atoms with Gasteiger partial charge in [0.2, 0.25) is 0 Å². The number of nitrogens with one attached hydrogen (secondary N) is 3. The lowest BCUT2D eigenvalue weighted by molar-refractivity contribution is 0.0191. The van der Waals surface area contributed by atoms with E-state index in [9.17, 15) is 15.0 Å². The fourth-order valence-electron chi connectivity index (χ4n) is 2.27. The third-order valence-electron chi connectivity index (χ3n) is 3.27. The van der Waals surface area contributed by atoms with Gasteiger partial charge in [0.05, 0.1) is 36.8 Å². The van der Waals surface area contributed by atoms with E-state index < -0.39 is 36.5 Å². The first-order valence-corrected chi connectivity index (χ1v) is 5.72. The summed E-state index contributed by atoms with van der Waals surface area (Å²) >= 11 is 0. The number of aromatic nitrogens is 4. The topological polar surface area (TPSA) is 147 Å². The first kappa shape index (κ1) is 11.1. The van der Waals surface area contributed by atoms with Crippen LogP contribution in [0.1, 0.15) is 11.7 Å². The minimum absolute atomic E-state index is 0.0602. The monoisotopic (exact) mass is 268 g/mol. The average Bonchev–Trinajstić information content (AvgIpc) is 2.92. The third kappa shape index (κ3) is 1.75. The van der Waals surface area contributed by atoms with Gasteiger partial charge in [0.15, 0.2) is 5.52 Å². The highest BCUT2D eigenvalue weighted by atomic mass is 16.3. The van der Waals surface area contributed by atoms with Crippen LogP contribution in [-0.2, 0) is 0 Å². The van der Waals surface area contributed by atoms with Gasteiger partial charge >= 0.3 is 0 Å². The van der Waals surface area contributed by atoms with Crippen molar-refractivity contribution >= 4 is 11.0 Å². The van der Waals surface area contributed by atoms with Crippen molar-refractivity contribution in [3.05, 3.63) is 22.4 Å². The SMILES string of the molecule is [2H]N1[C@H](CO)[C@@H](O)[C@@H](O)[C@@H]1c1[nH]nc2c(=O)[nH]cnc12. The van der Waals surface area contributed by atoms with Gasteiger partial charge in [-0.3, -0.25) is 15.2 Å². The lowest BCUT2D eigenvalue weighted by atomic mass is 10.1. The summed E-state index contributed by atoms with van der Waals surface area (Å²) in [6.45, 7) is -0.474. The molecule has 0 bridgehead atoms. The van der Waals surface area contributed by atoms with Crippen LogP contribution in [0, 0.1) is 0 Å². The molecule has 0 aromatic carbocycles. The molecule has 0 radical (unpaired) electrons. The molecule has 0 aliphatic carbocycles. The van der Waals surface area contributed by atoms with Crippen LogP contribution in [0.15, 0.2) is 11.1 Å². The fraction of sp³-hybridized carbons (Fsp3) is 0.500. The Morgan fingerprint density at radius 3 is 2.84 bits per heavy atom. The molecule has 9 nitrogen and oxygen atoms in total. The largest absolute Gasteiger partial charge is 0.395 e. The van der Waals surface area contributed by atoms with Crippen LogP contribution in [0.3, 0.4) is 0 Å². The summed E-state index contributed by atoms with van der Waals surface area (Å²) in [5.74, 6) is 0. The van der Waals surface area contributed by atoms with E-state index in [4.69, 9.17) is 6.52 Å². The Morgan fingerprint density at radius 2 is 2.16 bits per heavy atom. The lowest BCUT2D eigenvalue weighted by Gasteiger charge is -2.13. The van der Waals surface area contributed by atoms with Gasteiger partial charge in [-0.05, 0) is 0 Å². The molecule has 2 aromatic heterocycles. The van der Waals surface area contributed by atoms with E-state index in [1.54, 1.807) is 0 Å². The maximum Gasteiger partial charge on any atom is 0.279 e. The highest BCUT2D eigenvalue weighted by molar-refractivity contribution is 5.76. The van der Waals surface area contributed by atoms with Gasteiger partial charge in [-0.1, -0.05) is 0 Å². The van der Waals surface area contributed by atoms with Gasteiger partial charge < -0.3 is 20.3 Å². The number of hydrogen-bond acceptors (Lipinski definition) is 7. The molecule has 1 aliphatic heterocycles. The molecule has 0 unspecified atom stereocenters. The standard InChI is InChI=1S/C10H13N5O4/c16-1-3-8(17)9(18)6(13-3)5-4-7(15-14-5)10(19)12-2-11-4/h2-3,6,8-9,13,16-18H,1H2,(H,14,15)(H,11,12,19)/t3-,6+,8-,9+/m1/s1/i/hD. The molecule has 1 fully saturated rings. The van der Waals surface area contributed by atoms with Crippen LogP contribution in [0.2, 0.25) is 1.41 Å². The van der Waals surface area contributed by atoms with E-state index in [-0.39, 0.29) is 16.7 Å². The molecule has 4 atom stereocenters. The van der Waals surface area contributed by atoms with Gasteiger partial charge in [-0.15, -0.1) is 0 Å². The summed E-state index contributed by atoms with van der Waals surface area (Å²) in [6, 6.07) is -1.88. The number of rotatable bonds is 2. The Labute approximate surface area is 107 Å². The number of aliphatic hydroxyl groups is 3. The zero-order valence-corrected chi connectivity index (χ0v) is 9.69. The Kier molecular flexibility index (Phi) is 2.55. The van der Waals surface area contributed by atoms with Crippen LogP contribution >= 0.6 is 0 Å². The normalized spacial score (nSPS) is 32.9. The van der Waals surface area contributed by atoms with Gasteiger partial charge in [0.25, 0.3) is 5.56 Å². The maximum atomic E-state index is 11.6. The molecule has 102 valence electrons. The molecule has 1 aliphatic rings. The molecule has 1 saturated heterocycles. The number of aromatic amines is 2. The maximum absolute atomic E-state index is 11.6. The molecule has 3 rings (SSSR count). The summed E-state index contributed by atoms with van der Waals surface area (Å²) < 4.78 is 7.90. The molecule has 9 heteroatoms. The fourth-order valence-corrected chi connectivity index (χ4v) is 2.27.